The number of pyridine rings is 2. The molecular weight excluding hydrogens is 368 g/mol. The fraction of sp³-hybridized carbons (Fsp3) is 0.333. The van der Waals surface area contributed by atoms with Crippen molar-refractivity contribution in [3.8, 4) is 11.3 Å². The van der Waals surface area contributed by atoms with Crippen LogP contribution in [0.1, 0.15) is 12.8 Å². The Kier molecular flexibility index (Phi) is 4.79. The van der Waals surface area contributed by atoms with Gasteiger partial charge in [0, 0.05) is 31.1 Å². The van der Waals surface area contributed by atoms with Gasteiger partial charge in [-0.3, -0.25) is 4.98 Å². The van der Waals surface area contributed by atoms with E-state index in [1.54, 1.807) is 13.3 Å². The minimum atomic E-state index is 0.290. The van der Waals surface area contributed by atoms with Crippen molar-refractivity contribution in [2.75, 3.05) is 25.6 Å². The molecule has 0 atom stereocenters. The lowest BCUT2D eigenvalue weighted by atomic mass is 9.89. The Hall–Kier alpha value is -3.10. The molecule has 1 aliphatic carbocycles. The second kappa shape index (κ2) is 7.73. The van der Waals surface area contributed by atoms with E-state index in [1.807, 2.05) is 47.2 Å². The lowest BCUT2D eigenvalue weighted by Crippen LogP contribution is -2.41. The number of nitrogens with one attached hydrogen (secondary N) is 1. The zero-order valence-corrected chi connectivity index (χ0v) is 16.2. The van der Waals surface area contributed by atoms with Crippen molar-refractivity contribution in [3.63, 3.8) is 0 Å². The minimum Gasteiger partial charge on any atom is -0.382 e. The number of methoxy groups -OCH3 is 1. The van der Waals surface area contributed by atoms with Gasteiger partial charge in [0.25, 0.3) is 0 Å². The summed E-state index contributed by atoms with van der Waals surface area (Å²) in [5.74, 6) is 0.621. The van der Waals surface area contributed by atoms with E-state index in [0.29, 0.717) is 25.2 Å². The summed E-state index contributed by atoms with van der Waals surface area (Å²) in [5, 5.41) is 7.99. The van der Waals surface area contributed by atoms with Crippen molar-refractivity contribution in [3.05, 3.63) is 48.9 Å². The van der Waals surface area contributed by atoms with Crippen LogP contribution in [-0.2, 0) is 9.47 Å². The molecule has 1 saturated carbocycles. The van der Waals surface area contributed by atoms with Crippen molar-refractivity contribution in [2.24, 2.45) is 0 Å². The Balaban J connectivity index is 1.30. The van der Waals surface area contributed by atoms with Crippen LogP contribution in [0.15, 0.2) is 48.9 Å². The Morgan fingerprint density at radius 3 is 2.93 bits per heavy atom. The van der Waals surface area contributed by atoms with Crippen LogP contribution in [0.2, 0.25) is 0 Å². The smallest absolute Gasteiger partial charge is 0.241 e. The van der Waals surface area contributed by atoms with Crippen molar-refractivity contribution in [2.45, 2.75) is 25.0 Å². The Morgan fingerprint density at radius 1 is 1.10 bits per heavy atom. The van der Waals surface area contributed by atoms with Gasteiger partial charge in [-0.05, 0) is 43.2 Å². The fourth-order valence-corrected chi connectivity index (χ4v) is 3.59. The molecule has 0 unspecified atom stereocenters. The third-order valence-electron chi connectivity index (χ3n) is 5.22. The molecule has 1 fully saturated rings. The summed E-state index contributed by atoms with van der Waals surface area (Å²) >= 11 is 0. The topological polar surface area (TPSA) is 86.5 Å². The molecule has 0 aliphatic heterocycles. The number of hydrogen-bond donors (Lipinski definition) is 1. The lowest BCUT2D eigenvalue weighted by molar-refractivity contribution is -0.0261. The second-order valence-electron chi connectivity index (χ2n) is 7.18. The Labute approximate surface area is 167 Å². The number of fused-ring (bicyclic) bond motifs is 2. The molecule has 8 heteroatoms. The number of hydrogen-bond acceptors (Lipinski definition) is 7. The van der Waals surface area contributed by atoms with E-state index in [9.17, 15) is 0 Å². The largest absolute Gasteiger partial charge is 0.382 e. The maximum Gasteiger partial charge on any atom is 0.241 e. The van der Waals surface area contributed by atoms with Crippen LogP contribution in [0.5, 0.6) is 0 Å². The number of ether oxygens (including phenoxy) is 2. The molecule has 5 rings (SSSR count). The number of aromatic nitrogens is 5. The van der Waals surface area contributed by atoms with Gasteiger partial charge in [0.15, 0.2) is 0 Å². The highest BCUT2D eigenvalue weighted by molar-refractivity contribution is 5.83. The summed E-state index contributed by atoms with van der Waals surface area (Å²) in [6, 6.07) is 10.2. The number of nitrogens with zero attached hydrogens (tertiary/aromatic N) is 5. The standard InChI is InChI=1S/C21H22N6O2/c1-28-9-10-29-15-11-14(12-15)24-21-23-13-20-16(6-8-27(20)26-21)17-4-5-18-19(25-17)3-2-7-22-18/h2-8,13-15H,9-12H2,1H3,(H,24,26). The third-order valence-corrected chi connectivity index (χ3v) is 5.22. The van der Waals surface area contributed by atoms with Gasteiger partial charge in [-0.15, -0.1) is 5.10 Å². The van der Waals surface area contributed by atoms with Crippen LogP contribution in [0.3, 0.4) is 0 Å². The quantitative estimate of drug-likeness (QED) is 0.486. The molecule has 0 spiro atoms. The first kappa shape index (κ1) is 18.0. The zero-order valence-electron chi connectivity index (χ0n) is 16.2. The molecule has 1 aliphatic rings. The van der Waals surface area contributed by atoms with Gasteiger partial charge in [0.1, 0.15) is 0 Å². The average molecular weight is 390 g/mol. The lowest BCUT2D eigenvalue weighted by Gasteiger charge is -2.35. The van der Waals surface area contributed by atoms with Crippen LogP contribution in [0, 0.1) is 0 Å². The van der Waals surface area contributed by atoms with Gasteiger partial charge in [-0.25, -0.2) is 14.5 Å². The summed E-state index contributed by atoms with van der Waals surface area (Å²) in [6.45, 7) is 1.27. The molecule has 4 heterocycles. The number of anilines is 1. The predicted molar refractivity (Wildman–Crippen MR) is 110 cm³/mol. The second-order valence-corrected chi connectivity index (χ2v) is 7.18. The number of rotatable bonds is 7. The average Bonchev–Trinajstić information content (AvgIpc) is 3.15. The Bertz CT molecular complexity index is 1140. The summed E-state index contributed by atoms with van der Waals surface area (Å²) in [4.78, 5) is 13.6. The molecule has 4 aromatic heterocycles. The molecule has 8 nitrogen and oxygen atoms in total. The van der Waals surface area contributed by atoms with E-state index in [-0.39, 0.29) is 6.10 Å². The highest BCUT2D eigenvalue weighted by Crippen LogP contribution is 2.27. The summed E-state index contributed by atoms with van der Waals surface area (Å²) in [6.07, 6.45) is 7.75. The molecule has 4 aromatic rings. The van der Waals surface area contributed by atoms with E-state index in [4.69, 9.17) is 14.5 Å². The molecule has 0 amide bonds. The zero-order chi connectivity index (χ0) is 19.6. The molecule has 0 bridgehead atoms. The first-order valence-corrected chi connectivity index (χ1v) is 9.74. The van der Waals surface area contributed by atoms with Gasteiger partial charge in [0.2, 0.25) is 5.95 Å². The third kappa shape index (κ3) is 3.64. The normalized spacial score (nSPS) is 18.8. The van der Waals surface area contributed by atoms with E-state index in [2.05, 4.69) is 20.4 Å². The first-order chi connectivity index (χ1) is 14.3. The van der Waals surface area contributed by atoms with Gasteiger partial charge in [-0.1, -0.05) is 0 Å². The summed E-state index contributed by atoms with van der Waals surface area (Å²) in [7, 11) is 1.68. The summed E-state index contributed by atoms with van der Waals surface area (Å²) in [5.41, 5.74) is 4.55. The summed E-state index contributed by atoms with van der Waals surface area (Å²) < 4.78 is 12.6. The fourth-order valence-electron chi connectivity index (χ4n) is 3.59. The molecular formula is C21H22N6O2. The highest BCUT2D eigenvalue weighted by Gasteiger charge is 2.30. The SMILES string of the molecule is COCCOC1CC(Nc2ncc3c(-c4ccc5ncccc5n4)ccn3n2)C1. The highest BCUT2D eigenvalue weighted by atomic mass is 16.5. The van der Waals surface area contributed by atoms with Crippen molar-refractivity contribution >= 4 is 22.5 Å². The van der Waals surface area contributed by atoms with E-state index >= 15 is 0 Å². The maximum absolute atomic E-state index is 5.72. The van der Waals surface area contributed by atoms with Gasteiger partial charge >= 0.3 is 0 Å². The van der Waals surface area contributed by atoms with Crippen molar-refractivity contribution in [1.82, 2.24) is 24.6 Å². The van der Waals surface area contributed by atoms with Crippen LogP contribution in [0.25, 0.3) is 27.8 Å². The molecule has 0 radical (unpaired) electrons. The van der Waals surface area contributed by atoms with E-state index in [0.717, 1.165) is 40.6 Å². The van der Waals surface area contributed by atoms with Crippen LogP contribution < -0.4 is 5.32 Å². The predicted octanol–water partition coefficient (Wildman–Crippen LogP) is 2.95. The van der Waals surface area contributed by atoms with E-state index < -0.39 is 0 Å². The molecule has 0 aromatic carbocycles. The van der Waals surface area contributed by atoms with Crippen molar-refractivity contribution in [1.29, 1.82) is 0 Å². The van der Waals surface area contributed by atoms with Crippen molar-refractivity contribution < 1.29 is 9.47 Å². The molecule has 0 saturated heterocycles. The van der Waals surface area contributed by atoms with Gasteiger partial charge in [-0.2, -0.15) is 0 Å². The first-order valence-electron chi connectivity index (χ1n) is 9.74. The van der Waals surface area contributed by atoms with Crippen LogP contribution >= 0.6 is 0 Å². The molecule has 1 N–H and O–H groups in total. The van der Waals surface area contributed by atoms with Gasteiger partial charge < -0.3 is 14.8 Å². The maximum atomic E-state index is 5.72. The monoisotopic (exact) mass is 390 g/mol. The van der Waals surface area contributed by atoms with Crippen LogP contribution in [0.4, 0.5) is 5.95 Å². The van der Waals surface area contributed by atoms with Gasteiger partial charge in [0.05, 0.1) is 47.8 Å². The van der Waals surface area contributed by atoms with Crippen LogP contribution in [-0.4, -0.2) is 57.0 Å². The molecule has 29 heavy (non-hydrogen) atoms. The molecule has 148 valence electrons. The Morgan fingerprint density at radius 2 is 2.03 bits per heavy atom. The van der Waals surface area contributed by atoms with E-state index in [1.165, 1.54) is 0 Å². The minimum absolute atomic E-state index is 0.290.